The van der Waals surface area contributed by atoms with Crippen molar-refractivity contribution in [1.29, 1.82) is 0 Å². The highest BCUT2D eigenvalue weighted by molar-refractivity contribution is 5.60. The Morgan fingerprint density at radius 3 is 2.52 bits per heavy atom. The zero-order chi connectivity index (χ0) is 22.1. The summed E-state index contributed by atoms with van der Waals surface area (Å²) in [6, 6.07) is 14.4. The fourth-order valence-electron chi connectivity index (χ4n) is 4.20. The van der Waals surface area contributed by atoms with E-state index in [1.807, 2.05) is 32.0 Å². The summed E-state index contributed by atoms with van der Waals surface area (Å²) in [5.41, 5.74) is 6.23. The molecule has 0 saturated carbocycles. The summed E-state index contributed by atoms with van der Waals surface area (Å²) in [5.74, 6) is 1.56. The van der Waals surface area contributed by atoms with Crippen LogP contribution in [0.4, 0.5) is 11.6 Å². The average molecular weight is 419 g/mol. The molecule has 1 aromatic heterocycles. The highest BCUT2D eigenvalue weighted by Crippen LogP contribution is 2.30. The molecule has 6 nitrogen and oxygen atoms in total. The number of benzene rings is 2. The van der Waals surface area contributed by atoms with Gasteiger partial charge in [-0.1, -0.05) is 31.2 Å². The molecule has 31 heavy (non-hydrogen) atoms. The van der Waals surface area contributed by atoms with Gasteiger partial charge in [0, 0.05) is 29.1 Å². The molecule has 0 fully saturated rings. The highest BCUT2D eigenvalue weighted by atomic mass is 16.5. The lowest BCUT2D eigenvalue weighted by atomic mass is 10.1. The van der Waals surface area contributed by atoms with E-state index in [2.05, 4.69) is 47.9 Å². The third-order valence-electron chi connectivity index (χ3n) is 6.12. The lowest BCUT2D eigenvalue weighted by molar-refractivity contribution is 0.187. The summed E-state index contributed by atoms with van der Waals surface area (Å²) in [4.78, 5) is 22.6. The Hall–Kier alpha value is -3.12. The predicted octanol–water partition coefficient (Wildman–Crippen LogP) is 4.31. The van der Waals surface area contributed by atoms with E-state index in [1.165, 1.54) is 11.1 Å². The van der Waals surface area contributed by atoms with Gasteiger partial charge >= 0.3 is 0 Å². The van der Waals surface area contributed by atoms with Crippen LogP contribution >= 0.6 is 0 Å². The van der Waals surface area contributed by atoms with Gasteiger partial charge in [0.05, 0.1) is 20.4 Å². The topological polar surface area (TPSA) is 50.6 Å². The number of ether oxygens (including phenoxy) is 1. The van der Waals surface area contributed by atoms with Crippen LogP contribution < -0.4 is 15.2 Å². The van der Waals surface area contributed by atoms with Crippen LogP contribution in [0.1, 0.15) is 34.9 Å². The van der Waals surface area contributed by atoms with Gasteiger partial charge in [-0.05, 0) is 56.5 Å². The van der Waals surface area contributed by atoms with Gasteiger partial charge in [-0.15, -0.1) is 0 Å². The summed E-state index contributed by atoms with van der Waals surface area (Å²) in [6.45, 7) is 9.97. The summed E-state index contributed by atoms with van der Waals surface area (Å²) in [5, 5.41) is 0. The average Bonchev–Trinajstić information content (AvgIpc) is 2.76. The Balaban J connectivity index is 1.81. The van der Waals surface area contributed by atoms with Gasteiger partial charge in [0.15, 0.2) is 0 Å². The number of rotatable bonds is 5. The number of aryl methyl sites for hydroxylation is 3. The Morgan fingerprint density at radius 1 is 1.03 bits per heavy atom. The Labute approximate surface area is 183 Å². The maximum atomic E-state index is 13.3. The van der Waals surface area contributed by atoms with Crippen molar-refractivity contribution < 1.29 is 4.74 Å². The molecule has 0 bridgehead atoms. The van der Waals surface area contributed by atoms with Gasteiger partial charge < -0.3 is 4.74 Å². The van der Waals surface area contributed by atoms with Gasteiger partial charge in [0.1, 0.15) is 5.75 Å². The fraction of sp³-hybridized carbons (Fsp3) is 0.360. The molecule has 6 heteroatoms. The standard InChI is InChI=1S/C25H30N4O2/c1-6-22-19(4)26-25-28(21-12-11-17(2)18(3)13-21)15-27(16-29(25)24(22)30)14-20-9-7-8-10-23(20)31-5/h7-13H,6,14-16H2,1-5H3. The number of methoxy groups -OCH3 is 1. The molecule has 1 aliphatic rings. The van der Waals surface area contributed by atoms with Crippen LogP contribution in [0.25, 0.3) is 0 Å². The van der Waals surface area contributed by atoms with E-state index < -0.39 is 0 Å². The quantitative estimate of drug-likeness (QED) is 0.618. The molecule has 2 heterocycles. The van der Waals surface area contributed by atoms with Crippen molar-refractivity contribution in [2.75, 3.05) is 18.7 Å². The maximum absolute atomic E-state index is 13.3. The van der Waals surface area contributed by atoms with Gasteiger partial charge in [-0.3, -0.25) is 19.2 Å². The van der Waals surface area contributed by atoms with Crippen LogP contribution in [-0.2, 0) is 19.6 Å². The van der Waals surface area contributed by atoms with Crippen molar-refractivity contribution in [2.45, 2.75) is 47.3 Å². The first-order valence-electron chi connectivity index (χ1n) is 10.7. The number of fused-ring (bicyclic) bond motifs is 1. The second kappa shape index (κ2) is 8.55. The molecular formula is C25H30N4O2. The lowest BCUT2D eigenvalue weighted by Crippen LogP contribution is -2.47. The summed E-state index contributed by atoms with van der Waals surface area (Å²) >= 11 is 0. The van der Waals surface area contributed by atoms with Crippen LogP contribution in [0, 0.1) is 20.8 Å². The lowest BCUT2D eigenvalue weighted by Gasteiger charge is -2.38. The van der Waals surface area contributed by atoms with Crippen LogP contribution in [0.5, 0.6) is 5.75 Å². The summed E-state index contributed by atoms with van der Waals surface area (Å²) in [6.07, 6.45) is 0.675. The zero-order valence-corrected chi connectivity index (χ0v) is 19.0. The second-order valence-electron chi connectivity index (χ2n) is 8.18. The molecule has 0 spiro atoms. The van der Waals surface area contributed by atoms with Crippen molar-refractivity contribution in [2.24, 2.45) is 0 Å². The molecule has 0 atom stereocenters. The molecular weight excluding hydrogens is 388 g/mol. The third-order valence-corrected chi connectivity index (χ3v) is 6.12. The first-order chi connectivity index (χ1) is 14.9. The number of aromatic nitrogens is 2. The van der Waals surface area contributed by atoms with Crippen LogP contribution in [0.3, 0.4) is 0 Å². The third kappa shape index (κ3) is 3.95. The fourth-order valence-corrected chi connectivity index (χ4v) is 4.20. The Morgan fingerprint density at radius 2 is 1.81 bits per heavy atom. The van der Waals surface area contributed by atoms with Crippen molar-refractivity contribution in [3.05, 3.63) is 80.8 Å². The summed E-state index contributed by atoms with van der Waals surface area (Å²) in [7, 11) is 1.69. The Kier molecular flexibility index (Phi) is 5.83. The van der Waals surface area contributed by atoms with Gasteiger partial charge in [-0.2, -0.15) is 0 Å². The molecule has 1 aliphatic heterocycles. The Bertz CT molecular complexity index is 1170. The molecule has 4 rings (SSSR count). The minimum Gasteiger partial charge on any atom is -0.496 e. The van der Waals surface area contributed by atoms with E-state index in [0.29, 0.717) is 32.3 Å². The largest absolute Gasteiger partial charge is 0.496 e. The molecule has 3 aromatic rings. The number of hydrogen-bond donors (Lipinski definition) is 0. The van der Waals surface area contributed by atoms with Crippen molar-refractivity contribution in [3.63, 3.8) is 0 Å². The number of anilines is 2. The van der Waals surface area contributed by atoms with Gasteiger partial charge in [0.2, 0.25) is 5.95 Å². The molecule has 0 N–H and O–H groups in total. The minimum atomic E-state index is 0.0450. The van der Waals surface area contributed by atoms with E-state index in [0.717, 1.165) is 28.3 Å². The predicted molar refractivity (Wildman–Crippen MR) is 124 cm³/mol. The first-order valence-corrected chi connectivity index (χ1v) is 10.7. The molecule has 2 aromatic carbocycles. The second-order valence-corrected chi connectivity index (χ2v) is 8.18. The number of para-hydroxylation sites is 1. The monoisotopic (exact) mass is 418 g/mol. The van der Waals surface area contributed by atoms with E-state index in [-0.39, 0.29) is 5.56 Å². The number of nitrogens with zero attached hydrogens (tertiary/aromatic N) is 4. The molecule has 0 aliphatic carbocycles. The van der Waals surface area contributed by atoms with E-state index >= 15 is 0 Å². The van der Waals surface area contributed by atoms with E-state index in [1.54, 1.807) is 11.7 Å². The van der Waals surface area contributed by atoms with Gasteiger partial charge in [0.25, 0.3) is 5.56 Å². The van der Waals surface area contributed by atoms with E-state index in [4.69, 9.17) is 9.72 Å². The van der Waals surface area contributed by atoms with Crippen LogP contribution in [0.15, 0.2) is 47.3 Å². The molecule has 0 radical (unpaired) electrons. The number of hydrogen-bond acceptors (Lipinski definition) is 5. The first kappa shape index (κ1) is 21.1. The molecule has 0 unspecified atom stereocenters. The smallest absolute Gasteiger partial charge is 0.259 e. The van der Waals surface area contributed by atoms with Crippen LogP contribution in [-0.4, -0.2) is 28.2 Å². The van der Waals surface area contributed by atoms with Crippen molar-refractivity contribution in [3.8, 4) is 5.75 Å². The maximum Gasteiger partial charge on any atom is 0.259 e. The van der Waals surface area contributed by atoms with Crippen LogP contribution in [0.2, 0.25) is 0 Å². The molecule has 162 valence electrons. The normalized spacial score (nSPS) is 13.9. The van der Waals surface area contributed by atoms with Gasteiger partial charge in [-0.25, -0.2) is 4.98 Å². The zero-order valence-electron chi connectivity index (χ0n) is 19.0. The van der Waals surface area contributed by atoms with Crippen molar-refractivity contribution >= 4 is 11.6 Å². The van der Waals surface area contributed by atoms with Crippen molar-refractivity contribution in [1.82, 2.24) is 14.5 Å². The highest BCUT2D eigenvalue weighted by Gasteiger charge is 2.28. The minimum absolute atomic E-state index is 0.0450. The molecule has 0 amide bonds. The SMILES string of the molecule is CCc1c(C)nc2n(c1=O)CN(Cc1ccccc1OC)CN2c1ccc(C)c(C)c1. The summed E-state index contributed by atoms with van der Waals surface area (Å²) < 4.78 is 7.36. The molecule has 0 saturated heterocycles. The van der Waals surface area contributed by atoms with E-state index in [9.17, 15) is 4.79 Å².